The first-order valence-corrected chi connectivity index (χ1v) is 5.87. The Kier molecular flexibility index (Phi) is 4.20. The number of rotatable bonds is 4. The van der Waals surface area contributed by atoms with Crippen LogP contribution in [0.5, 0.6) is 0 Å². The molecule has 2 nitrogen and oxygen atoms in total. The highest BCUT2D eigenvalue weighted by Gasteiger charge is 2.31. The molecule has 0 amide bonds. The summed E-state index contributed by atoms with van der Waals surface area (Å²) in [4.78, 5) is 0. The predicted octanol–water partition coefficient (Wildman–Crippen LogP) is 4.08. The van der Waals surface area contributed by atoms with E-state index in [1.54, 1.807) is 0 Å². The van der Waals surface area contributed by atoms with E-state index in [1.807, 2.05) is 31.2 Å². The summed E-state index contributed by atoms with van der Waals surface area (Å²) in [5.74, 6) is 0.248. The van der Waals surface area contributed by atoms with Crippen molar-refractivity contribution in [2.75, 3.05) is 5.32 Å². The normalized spacial score (nSPS) is 14.2. The van der Waals surface area contributed by atoms with Crippen molar-refractivity contribution in [3.63, 3.8) is 0 Å². The van der Waals surface area contributed by atoms with E-state index in [9.17, 15) is 5.26 Å². The van der Waals surface area contributed by atoms with Gasteiger partial charge >= 0.3 is 0 Å². The fraction of sp³-hybridized carbons (Fsp3) is 0.462. The van der Waals surface area contributed by atoms with Crippen LogP contribution in [0.3, 0.4) is 0 Å². The van der Waals surface area contributed by atoms with E-state index in [0.717, 1.165) is 12.1 Å². The number of hydrogen-bond donors (Lipinski definition) is 1. The van der Waals surface area contributed by atoms with Crippen molar-refractivity contribution in [3.8, 4) is 6.07 Å². The van der Waals surface area contributed by atoms with E-state index >= 15 is 0 Å². The Balaban J connectivity index is 2.93. The second kappa shape index (κ2) is 5.23. The zero-order valence-corrected chi connectivity index (χ0v) is 10.7. The van der Waals surface area contributed by atoms with Gasteiger partial charge in [-0.2, -0.15) is 5.26 Å². The van der Waals surface area contributed by atoms with Crippen LogP contribution in [0.2, 0.25) is 5.02 Å². The molecular formula is C13H17ClN2. The summed E-state index contributed by atoms with van der Waals surface area (Å²) in [5.41, 5.74) is 0.426. The van der Waals surface area contributed by atoms with Crippen molar-refractivity contribution < 1.29 is 0 Å². The van der Waals surface area contributed by atoms with Crippen molar-refractivity contribution in [3.05, 3.63) is 29.3 Å². The Hall–Kier alpha value is -1.20. The molecule has 0 aromatic heterocycles. The summed E-state index contributed by atoms with van der Waals surface area (Å²) >= 11 is 5.82. The number of nitrogens with one attached hydrogen (secondary N) is 1. The number of benzene rings is 1. The van der Waals surface area contributed by atoms with Gasteiger partial charge in [-0.15, -0.1) is 0 Å². The topological polar surface area (TPSA) is 35.8 Å². The van der Waals surface area contributed by atoms with Gasteiger partial charge in [0.2, 0.25) is 0 Å². The minimum Gasteiger partial charge on any atom is -0.367 e. The molecule has 0 aliphatic heterocycles. The summed E-state index contributed by atoms with van der Waals surface area (Å²) in [6.07, 6.45) is 0.768. The smallest absolute Gasteiger partial charge is 0.127 e. The maximum Gasteiger partial charge on any atom is 0.127 e. The van der Waals surface area contributed by atoms with Gasteiger partial charge in [0.05, 0.1) is 6.07 Å². The quantitative estimate of drug-likeness (QED) is 0.855. The molecule has 0 heterocycles. The van der Waals surface area contributed by atoms with Crippen LogP contribution < -0.4 is 5.32 Å². The van der Waals surface area contributed by atoms with Gasteiger partial charge in [0.25, 0.3) is 0 Å². The molecule has 0 aliphatic rings. The van der Waals surface area contributed by atoms with E-state index in [-0.39, 0.29) is 5.92 Å². The van der Waals surface area contributed by atoms with Crippen LogP contribution in [0.1, 0.15) is 27.2 Å². The van der Waals surface area contributed by atoms with Crippen LogP contribution >= 0.6 is 11.6 Å². The highest BCUT2D eigenvalue weighted by Crippen LogP contribution is 2.26. The molecule has 0 spiro atoms. The molecule has 0 bridgehead atoms. The van der Waals surface area contributed by atoms with Gasteiger partial charge in [-0.05, 0) is 36.6 Å². The van der Waals surface area contributed by atoms with Crippen LogP contribution in [-0.2, 0) is 0 Å². The van der Waals surface area contributed by atoms with E-state index in [4.69, 9.17) is 11.6 Å². The average molecular weight is 237 g/mol. The number of hydrogen-bond acceptors (Lipinski definition) is 2. The number of halogens is 1. The molecule has 0 radical (unpaired) electrons. The van der Waals surface area contributed by atoms with Crippen molar-refractivity contribution in [2.24, 2.45) is 5.92 Å². The molecule has 1 aromatic carbocycles. The molecule has 0 fully saturated rings. The number of nitriles is 1. The zero-order valence-electron chi connectivity index (χ0n) is 9.92. The van der Waals surface area contributed by atoms with Crippen LogP contribution in [0.15, 0.2) is 24.3 Å². The minimum absolute atomic E-state index is 0.248. The Morgan fingerprint density at radius 1 is 1.38 bits per heavy atom. The lowest BCUT2D eigenvalue weighted by Crippen LogP contribution is -2.41. The fourth-order valence-electron chi connectivity index (χ4n) is 1.67. The van der Waals surface area contributed by atoms with Gasteiger partial charge in [-0.25, -0.2) is 0 Å². The van der Waals surface area contributed by atoms with E-state index in [1.165, 1.54) is 0 Å². The molecule has 0 saturated heterocycles. The SMILES string of the molecule is CCC(C#N)(Nc1ccc(Cl)cc1)C(C)C. The Morgan fingerprint density at radius 3 is 2.31 bits per heavy atom. The van der Waals surface area contributed by atoms with Gasteiger partial charge in [0, 0.05) is 10.7 Å². The summed E-state index contributed by atoms with van der Waals surface area (Å²) in [7, 11) is 0. The van der Waals surface area contributed by atoms with Crippen molar-refractivity contribution in [2.45, 2.75) is 32.7 Å². The second-order valence-electron chi connectivity index (χ2n) is 4.22. The summed E-state index contributed by atoms with van der Waals surface area (Å²) in [5, 5.41) is 13.3. The first-order valence-electron chi connectivity index (χ1n) is 5.49. The van der Waals surface area contributed by atoms with Crippen molar-refractivity contribution in [1.29, 1.82) is 5.26 Å². The van der Waals surface area contributed by atoms with Crippen molar-refractivity contribution in [1.82, 2.24) is 0 Å². The standard InChI is InChI=1S/C13H17ClN2/c1-4-13(9-15,10(2)3)16-12-7-5-11(14)6-8-12/h5-8,10,16H,4H2,1-3H3. The number of anilines is 1. The van der Waals surface area contributed by atoms with Gasteiger partial charge in [0.15, 0.2) is 0 Å². The van der Waals surface area contributed by atoms with E-state index in [2.05, 4.69) is 25.2 Å². The third-order valence-electron chi connectivity index (χ3n) is 2.95. The maximum absolute atomic E-state index is 9.32. The molecule has 3 heteroatoms. The molecule has 86 valence electrons. The highest BCUT2D eigenvalue weighted by molar-refractivity contribution is 6.30. The zero-order chi connectivity index (χ0) is 12.2. The van der Waals surface area contributed by atoms with E-state index in [0.29, 0.717) is 5.02 Å². The van der Waals surface area contributed by atoms with E-state index < -0.39 is 5.54 Å². The predicted molar refractivity (Wildman–Crippen MR) is 68.5 cm³/mol. The Labute approximate surface area is 102 Å². The molecule has 1 unspecified atom stereocenters. The molecule has 0 saturated carbocycles. The third-order valence-corrected chi connectivity index (χ3v) is 3.21. The van der Waals surface area contributed by atoms with Crippen LogP contribution in [0.25, 0.3) is 0 Å². The fourth-order valence-corrected chi connectivity index (χ4v) is 1.79. The maximum atomic E-state index is 9.32. The lowest BCUT2D eigenvalue weighted by Gasteiger charge is -2.31. The third kappa shape index (κ3) is 2.68. The first kappa shape index (κ1) is 12.9. The van der Waals surface area contributed by atoms with Crippen LogP contribution in [0, 0.1) is 17.2 Å². The first-order chi connectivity index (χ1) is 7.54. The van der Waals surface area contributed by atoms with Crippen LogP contribution in [0.4, 0.5) is 5.69 Å². The van der Waals surface area contributed by atoms with Gasteiger partial charge in [-0.1, -0.05) is 32.4 Å². The van der Waals surface area contributed by atoms with Gasteiger partial charge in [0.1, 0.15) is 5.54 Å². The molecule has 16 heavy (non-hydrogen) atoms. The largest absolute Gasteiger partial charge is 0.367 e. The van der Waals surface area contributed by atoms with Gasteiger partial charge < -0.3 is 5.32 Å². The Morgan fingerprint density at radius 2 is 1.94 bits per heavy atom. The lowest BCUT2D eigenvalue weighted by molar-refractivity contribution is 0.416. The Bertz CT molecular complexity index is 378. The second-order valence-corrected chi connectivity index (χ2v) is 4.66. The highest BCUT2D eigenvalue weighted by atomic mass is 35.5. The molecule has 1 rings (SSSR count). The molecule has 0 aliphatic carbocycles. The van der Waals surface area contributed by atoms with Crippen LogP contribution in [-0.4, -0.2) is 5.54 Å². The van der Waals surface area contributed by atoms with Gasteiger partial charge in [-0.3, -0.25) is 0 Å². The lowest BCUT2D eigenvalue weighted by atomic mass is 9.85. The molecule has 1 atom stereocenters. The molecule has 1 aromatic rings. The summed E-state index contributed by atoms with van der Waals surface area (Å²) in [6.45, 7) is 6.12. The monoisotopic (exact) mass is 236 g/mol. The van der Waals surface area contributed by atoms with Crippen molar-refractivity contribution >= 4 is 17.3 Å². The number of nitrogens with zero attached hydrogens (tertiary/aromatic N) is 1. The minimum atomic E-state index is -0.506. The summed E-state index contributed by atoms with van der Waals surface area (Å²) in [6, 6.07) is 9.82. The molecular weight excluding hydrogens is 220 g/mol. The average Bonchev–Trinajstić information content (AvgIpc) is 2.28. The summed E-state index contributed by atoms with van der Waals surface area (Å²) < 4.78 is 0. The molecule has 1 N–H and O–H groups in total.